The van der Waals surface area contributed by atoms with Crippen LogP contribution in [0.3, 0.4) is 0 Å². The molecule has 0 aliphatic heterocycles. The molecule has 4 rings (SSSR count). The molecular formula is C36H36F3N3O8. The number of nitrogens with one attached hydrogen (secondary N) is 1. The average Bonchev–Trinajstić information content (AvgIpc) is 2.97. The van der Waals surface area contributed by atoms with Crippen molar-refractivity contribution < 1.29 is 51.3 Å². The third-order valence-electron chi connectivity index (χ3n) is 6.51. The molecule has 14 heteroatoms. The molecule has 1 heterocycles. The number of ether oxygens (including phenoxy) is 4. The van der Waals surface area contributed by atoms with Crippen LogP contribution < -0.4 is 15.0 Å². The maximum absolute atomic E-state index is 13.6. The Morgan fingerprint density at radius 1 is 0.780 bits per heavy atom. The highest BCUT2D eigenvalue weighted by Crippen LogP contribution is 2.32. The Bertz CT molecular complexity index is 1870. The Labute approximate surface area is 286 Å². The summed E-state index contributed by atoms with van der Waals surface area (Å²) >= 11 is 0. The zero-order valence-corrected chi connectivity index (χ0v) is 28.4. The van der Waals surface area contributed by atoms with Crippen LogP contribution in [0.1, 0.15) is 60.1 Å². The second kappa shape index (κ2) is 14.4. The molecule has 0 fully saturated rings. The molecule has 0 saturated heterocycles. The first-order valence-electron chi connectivity index (χ1n) is 15.3. The highest BCUT2D eigenvalue weighted by atomic mass is 19.4. The molecule has 0 aliphatic rings. The number of rotatable bonds is 7. The van der Waals surface area contributed by atoms with Crippen LogP contribution in [0.4, 0.5) is 34.3 Å². The van der Waals surface area contributed by atoms with Gasteiger partial charge in [0.15, 0.2) is 5.82 Å². The van der Waals surface area contributed by atoms with Gasteiger partial charge in [0.2, 0.25) is 6.10 Å². The van der Waals surface area contributed by atoms with Gasteiger partial charge in [-0.1, -0.05) is 30.3 Å². The predicted octanol–water partition coefficient (Wildman–Crippen LogP) is 8.72. The molecule has 0 saturated carbocycles. The van der Waals surface area contributed by atoms with E-state index in [0.717, 1.165) is 19.1 Å². The molecule has 1 atom stereocenters. The topological polar surface area (TPSA) is 133 Å². The summed E-state index contributed by atoms with van der Waals surface area (Å²) in [6.45, 7) is 11.0. The summed E-state index contributed by atoms with van der Waals surface area (Å²) in [5.74, 6) is -1.89. The number of fused-ring (bicyclic) bond motifs is 1. The normalized spacial score (nSPS) is 12.4. The number of benzene rings is 3. The van der Waals surface area contributed by atoms with Gasteiger partial charge in [0.25, 0.3) is 5.91 Å². The first-order chi connectivity index (χ1) is 23.2. The summed E-state index contributed by atoms with van der Waals surface area (Å²) in [4.78, 5) is 57.1. The monoisotopic (exact) mass is 695 g/mol. The van der Waals surface area contributed by atoms with E-state index in [2.05, 4.69) is 15.0 Å². The second-order valence-electron chi connectivity index (χ2n) is 13.0. The van der Waals surface area contributed by atoms with Crippen molar-refractivity contribution in [3.63, 3.8) is 0 Å². The Balaban J connectivity index is 1.64. The Kier molecular flexibility index (Phi) is 10.7. The summed E-state index contributed by atoms with van der Waals surface area (Å²) in [7, 11) is 0. The largest absolute Gasteiger partial charge is 0.573 e. The number of imide groups is 1. The van der Waals surface area contributed by atoms with Gasteiger partial charge in [-0.3, -0.25) is 9.59 Å². The van der Waals surface area contributed by atoms with E-state index < -0.39 is 53.5 Å². The van der Waals surface area contributed by atoms with Gasteiger partial charge in [-0.15, -0.1) is 13.2 Å². The molecule has 0 radical (unpaired) electrons. The molecule has 0 aliphatic carbocycles. The van der Waals surface area contributed by atoms with E-state index in [0.29, 0.717) is 32.4 Å². The first-order valence-corrected chi connectivity index (χ1v) is 15.3. The van der Waals surface area contributed by atoms with Crippen molar-refractivity contribution in [3.05, 3.63) is 84.6 Å². The van der Waals surface area contributed by atoms with Gasteiger partial charge >= 0.3 is 24.5 Å². The van der Waals surface area contributed by atoms with Gasteiger partial charge in [0.05, 0.1) is 0 Å². The van der Waals surface area contributed by atoms with Crippen molar-refractivity contribution in [1.29, 1.82) is 0 Å². The molecular weight excluding hydrogens is 659 g/mol. The Morgan fingerprint density at radius 3 is 1.96 bits per heavy atom. The quantitative estimate of drug-likeness (QED) is 0.149. The lowest BCUT2D eigenvalue weighted by molar-refractivity contribution is -0.274. The third-order valence-corrected chi connectivity index (χ3v) is 6.51. The number of carbonyl (C=O) groups is 4. The van der Waals surface area contributed by atoms with Gasteiger partial charge in [-0.2, -0.15) is 4.90 Å². The SMILES string of the molecule is CC(=O)OC(C(=O)Nc1ccc2c(N(C(=O)OC(C)(C)C)C(=O)OC(C)(C)C)nccc2c1)c1cccc(-c2ccc(OC(F)(F)F)cc2)c1. The summed E-state index contributed by atoms with van der Waals surface area (Å²) in [6.07, 6.45) is -6.86. The van der Waals surface area contributed by atoms with E-state index in [1.54, 1.807) is 84.0 Å². The summed E-state index contributed by atoms with van der Waals surface area (Å²) in [5.41, 5.74) is -0.232. The minimum Gasteiger partial charge on any atom is -0.447 e. The molecule has 264 valence electrons. The summed E-state index contributed by atoms with van der Waals surface area (Å²) in [6, 6.07) is 17.8. The van der Waals surface area contributed by atoms with Crippen molar-refractivity contribution >= 4 is 46.3 Å². The third kappa shape index (κ3) is 10.2. The number of pyridine rings is 1. The van der Waals surface area contributed by atoms with Crippen molar-refractivity contribution in [1.82, 2.24) is 4.98 Å². The van der Waals surface area contributed by atoms with Crippen LogP contribution in [-0.4, -0.2) is 46.6 Å². The fourth-order valence-corrected chi connectivity index (χ4v) is 4.66. The van der Waals surface area contributed by atoms with Gasteiger partial charge in [0.1, 0.15) is 17.0 Å². The van der Waals surface area contributed by atoms with E-state index in [4.69, 9.17) is 14.2 Å². The minimum absolute atomic E-state index is 0.0588. The Hall–Kier alpha value is -5.66. The number of halogens is 3. The van der Waals surface area contributed by atoms with E-state index in [1.165, 1.54) is 24.4 Å². The van der Waals surface area contributed by atoms with Crippen LogP contribution in [0.15, 0.2) is 79.0 Å². The number of carbonyl (C=O) groups excluding carboxylic acids is 4. The molecule has 50 heavy (non-hydrogen) atoms. The number of hydrogen-bond acceptors (Lipinski definition) is 9. The fraction of sp³-hybridized carbons (Fsp3) is 0.306. The number of hydrogen-bond donors (Lipinski definition) is 1. The maximum atomic E-state index is 13.6. The van der Waals surface area contributed by atoms with Crippen molar-refractivity contribution in [2.75, 3.05) is 10.2 Å². The molecule has 4 aromatic rings. The van der Waals surface area contributed by atoms with Gasteiger partial charge < -0.3 is 24.3 Å². The molecule has 0 bridgehead atoms. The number of nitrogens with zero attached hydrogens (tertiary/aromatic N) is 2. The van der Waals surface area contributed by atoms with E-state index >= 15 is 0 Å². The molecule has 3 aromatic carbocycles. The van der Waals surface area contributed by atoms with E-state index in [9.17, 15) is 32.3 Å². The molecule has 1 unspecified atom stereocenters. The Morgan fingerprint density at radius 2 is 1.40 bits per heavy atom. The summed E-state index contributed by atoms with van der Waals surface area (Å²) < 4.78 is 58.0. The maximum Gasteiger partial charge on any atom is 0.573 e. The minimum atomic E-state index is -4.84. The van der Waals surface area contributed by atoms with Crippen LogP contribution in [0.25, 0.3) is 21.9 Å². The number of esters is 1. The smallest absolute Gasteiger partial charge is 0.447 e. The number of aromatic nitrogens is 1. The van der Waals surface area contributed by atoms with Crippen LogP contribution >= 0.6 is 0 Å². The van der Waals surface area contributed by atoms with Crippen molar-refractivity contribution in [3.8, 4) is 16.9 Å². The second-order valence-corrected chi connectivity index (χ2v) is 13.0. The standard InChI is InChI=1S/C36H36F3N3O8/c1-21(43)47-29(25-10-8-9-23(19-25)22-11-14-27(15-12-22)48-36(37,38)39)31(44)41-26-13-16-28-24(20-26)17-18-40-30(28)42(32(45)49-34(2,3)4)33(46)50-35(5,6)7/h8-20,29H,1-7H3,(H,41,44). The van der Waals surface area contributed by atoms with Gasteiger partial charge in [0, 0.05) is 29.8 Å². The molecule has 1 N–H and O–H groups in total. The lowest BCUT2D eigenvalue weighted by Crippen LogP contribution is -2.44. The summed E-state index contributed by atoms with van der Waals surface area (Å²) in [5, 5.41) is 3.57. The number of alkyl halides is 3. The van der Waals surface area contributed by atoms with Crippen molar-refractivity contribution in [2.45, 2.75) is 72.1 Å². The van der Waals surface area contributed by atoms with Crippen LogP contribution in [0, 0.1) is 0 Å². The zero-order valence-electron chi connectivity index (χ0n) is 28.4. The zero-order chi connectivity index (χ0) is 37.0. The van der Waals surface area contributed by atoms with Crippen LogP contribution in [0.2, 0.25) is 0 Å². The van der Waals surface area contributed by atoms with Gasteiger partial charge in [-0.05, 0) is 101 Å². The number of anilines is 2. The van der Waals surface area contributed by atoms with Gasteiger partial charge in [-0.25, -0.2) is 14.6 Å². The van der Waals surface area contributed by atoms with Crippen LogP contribution in [-0.2, 0) is 23.8 Å². The van der Waals surface area contributed by atoms with Crippen LogP contribution in [0.5, 0.6) is 5.75 Å². The predicted molar refractivity (Wildman–Crippen MR) is 178 cm³/mol. The van der Waals surface area contributed by atoms with E-state index in [1.807, 2.05) is 0 Å². The lowest BCUT2D eigenvalue weighted by atomic mass is 10.00. The van der Waals surface area contributed by atoms with Crippen molar-refractivity contribution in [2.24, 2.45) is 0 Å². The average molecular weight is 696 g/mol. The highest BCUT2D eigenvalue weighted by Gasteiger charge is 2.35. The first kappa shape index (κ1) is 37.2. The fourth-order valence-electron chi connectivity index (χ4n) is 4.66. The van der Waals surface area contributed by atoms with E-state index in [-0.39, 0.29) is 11.5 Å². The molecule has 11 nitrogen and oxygen atoms in total. The highest BCUT2D eigenvalue weighted by molar-refractivity contribution is 6.14. The molecule has 0 spiro atoms. The number of amides is 3. The molecule has 3 amide bonds. The lowest BCUT2D eigenvalue weighted by Gasteiger charge is -2.28. The molecule has 1 aromatic heterocycles.